The zero-order valence-corrected chi connectivity index (χ0v) is 13.1. The van der Waals surface area contributed by atoms with E-state index in [2.05, 4.69) is 29.5 Å². The minimum absolute atomic E-state index is 0.576. The van der Waals surface area contributed by atoms with Crippen LogP contribution in [0.4, 0.5) is 11.6 Å². The van der Waals surface area contributed by atoms with Gasteiger partial charge in [-0.05, 0) is 45.4 Å². The van der Waals surface area contributed by atoms with Crippen molar-refractivity contribution >= 4 is 11.6 Å². The number of rotatable bonds is 7. The van der Waals surface area contributed by atoms with Crippen molar-refractivity contribution < 1.29 is 4.74 Å². The number of nitrogens with one attached hydrogen (secondary N) is 2. The van der Waals surface area contributed by atoms with E-state index in [0.29, 0.717) is 11.8 Å². The summed E-state index contributed by atoms with van der Waals surface area (Å²) in [5.41, 5.74) is 1.13. The molecule has 0 radical (unpaired) electrons. The van der Waals surface area contributed by atoms with E-state index in [1.54, 1.807) is 0 Å². The Labute approximate surface area is 126 Å². The molecule has 0 spiro atoms. The van der Waals surface area contributed by atoms with Gasteiger partial charge in [0.25, 0.3) is 0 Å². The normalized spacial score (nSPS) is 21.5. The van der Waals surface area contributed by atoms with Crippen molar-refractivity contribution in [3.05, 3.63) is 11.4 Å². The average molecular weight is 290 g/mol. The molecule has 0 bridgehead atoms. The first kappa shape index (κ1) is 14.6. The van der Waals surface area contributed by atoms with Gasteiger partial charge in [0.05, 0.1) is 0 Å². The summed E-state index contributed by atoms with van der Waals surface area (Å²) < 4.78 is 5.43. The smallest absolute Gasteiger partial charge is 0.136 e. The number of ether oxygens (including phenoxy) is 1. The van der Waals surface area contributed by atoms with Crippen LogP contribution in [0.2, 0.25) is 0 Å². The number of hydrogen-bond donors (Lipinski definition) is 2. The molecule has 1 saturated carbocycles. The van der Waals surface area contributed by atoms with E-state index >= 15 is 0 Å². The van der Waals surface area contributed by atoms with Crippen LogP contribution in [0.25, 0.3) is 0 Å². The van der Waals surface area contributed by atoms with Crippen molar-refractivity contribution in [2.24, 2.45) is 5.92 Å². The summed E-state index contributed by atoms with van der Waals surface area (Å²) in [7, 11) is 0. The van der Waals surface area contributed by atoms with Crippen LogP contribution in [-0.4, -0.2) is 36.3 Å². The minimum atomic E-state index is 0.576. The number of anilines is 2. The van der Waals surface area contributed by atoms with Gasteiger partial charge in [0.1, 0.15) is 17.5 Å². The van der Waals surface area contributed by atoms with Crippen LogP contribution in [0.5, 0.6) is 0 Å². The van der Waals surface area contributed by atoms with Crippen LogP contribution in [-0.2, 0) is 4.74 Å². The van der Waals surface area contributed by atoms with Gasteiger partial charge in [-0.15, -0.1) is 0 Å². The van der Waals surface area contributed by atoms with Gasteiger partial charge in [0, 0.05) is 37.8 Å². The van der Waals surface area contributed by atoms with E-state index in [1.165, 1.54) is 19.3 Å². The van der Waals surface area contributed by atoms with Crippen LogP contribution in [0.15, 0.2) is 0 Å². The Hall–Kier alpha value is -1.36. The largest absolute Gasteiger partial charge is 0.381 e. The predicted molar refractivity (Wildman–Crippen MR) is 84.9 cm³/mol. The van der Waals surface area contributed by atoms with Crippen molar-refractivity contribution in [1.82, 2.24) is 9.97 Å². The third-order valence-electron chi connectivity index (χ3n) is 4.32. The molecule has 2 N–H and O–H groups in total. The van der Waals surface area contributed by atoms with E-state index in [0.717, 1.165) is 55.7 Å². The molecule has 0 aromatic carbocycles. The lowest BCUT2D eigenvalue weighted by Crippen LogP contribution is -2.14. The summed E-state index contributed by atoms with van der Waals surface area (Å²) in [4.78, 5) is 9.44. The Morgan fingerprint density at radius 3 is 2.52 bits per heavy atom. The molecule has 1 aliphatic heterocycles. The Morgan fingerprint density at radius 2 is 1.90 bits per heavy atom. The molecular formula is C16H26N4O. The Bertz CT molecular complexity index is 481. The molecule has 2 aliphatic rings. The molecule has 0 amide bonds. The fourth-order valence-corrected chi connectivity index (χ4v) is 2.78. The highest BCUT2D eigenvalue weighted by Crippen LogP contribution is 2.39. The van der Waals surface area contributed by atoms with Gasteiger partial charge in [-0.1, -0.05) is 0 Å². The van der Waals surface area contributed by atoms with Crippen molar-refractivity contribution in [1.29, 1.82) is 0 Å². The molecule has 5 nitrogen and oxygen atoms in total. The second kappa shape index (κ2) is 6.60. The summed E-state index contributed by atoms with van der Waals surface area (Å²) >= 11 is 0. The van der Waals surface area contributed by atoms with Gasteiger partial charge in [-0.3, -0.25) is 0 Å². The molecule has 1 atom stereocenters. The van der Waals surface area contributed by atoms with Crippen LogP contribution in [0, 0.1) is 12.8 Å². The van der Waals surface area contributed by atoms with E-state index in [-0.39, 0.29) is 0 Å². The standard InChI is InChI=1S/C16H26N4O/c1-3-17-14-11(2)15(20-16(19-14)13-4-5-13)18-8-6-12-7-9-21-10-12/h12-13H,3-10H2,1-2H3,(H2,17,18,19,20). The zero-order chi connectivity index (χ0) is 14.7. The minimum Gasteiger partial charge on any atom is -0.381 e. The molecule has 2 fully saturated rings. The lowest BCUT2D eigenvalue weighted by Gasteiger charge is -2.15. The highest BCUT2D eigenvalue weighted by Gasteiger charge is 2.28. The Morgan fingerprint density at radius 1 is 1.14 bits per heavy atom. The fraction of sp³-hybridized carbons (Fsp3) is 0.750. The van der Waals surface area contributed by atoms with Gasteiger partial charge >= 0.3 is 0 Å². The van der Waals surface area contributed by atoms with Crippen molar-refractivity contribution in [2.75, 3.05) is 36.9 Å². The van der Waals surface area contributed by atoms with Crippen molar-refractivity contribution in [3.8, 4) is 0 Å². The van der Waals surface area contributed by atoms with Crippen LogP contribution in [0.1, 0.15) is 49.9 Å². The molecule has 3 rings (SSSR count). The van der Waals surface area contributed by atoms with Gasteiger partial charge in [0.2, 0.25) is 0 Å². The molecule has 1 aromatic heterocycles. The lowest BCUT2D eigenvalue weighted by molar-refractivity contribution is 0.185. The van der Waals surface area contributed by atoms with Crippen LogP contribution in [0.3, 0.4) is 0 Å². The molecule has 2 heterocycles. The van der Waals surface area contributed by atoms with Gasteiger partial charge < -0.3 is 15.4 Å². The third-order valence-corrected chi connectivity index (χ3v) is 4.32. The van der Waals surface area contributed by atoms with E-state index in [9.17, 15) is 0 Å². The Kier molecular flexibility index (Phi) is 4.58. The average Bonchev–Trinajstić information content (AvgIpc) is 3.20. The van der Waals surface area contributed by atoms with Crippen molar-refractivity contribution in [2.45, 2.75) is 45.4 Å². The Balaban J connectivity index is 1.66. The first-order valence-electron chi connectivity index (χ1n) is 8.22. The molecule has 1 saturated heterocycles. The highest BCUT2D eigenvalue weighted by molar-refractivity contribution is 5.57. The lowest BCUT2D eigenvalue weighted by atomic mass is 10.1. The van der Waals surface area contributed by atoms with Crippen LogP contribution >= 0.6 is 0 Å². The number of aromatic nitrogens is 2. The maximum absolute atomic E-state index is 5.43. The number of hydrogen-bond acceptors (Lipinski definition) is 5. The van der Waals surface area contributed by atoms with Crippen LogP contribution < -0.4 is 10.6 Å². The predicted octanol–water partition coefficient (Wildman–Crippen LogP) is 2.93. The van der Waals surface area contributed by atoms with E-state index in [1.807, 2.05) is 0 Å². The fourth-order valence-electron chi connectivity index (χ4n) is 2.78. The first-order chi connectivity index (χ1) is 10.3. The summed E-state index contributed by atoms with van der Waals surface area (Å²) in [5, 5.41) is 6.87. The van der Waals surface area contributed by atoms with Gasteiger partial charge in [-0.2, -0.15) is 0 Å². The number of nitrogens with zero attached hydrogens (tertiary/aromatic N) is 2. The topological polar surface area (TPSA) is 59.1 Å². The second-order valence-electron chi connectivity index (χ2n) is 6.15. The summed E-state index contributed by atoms with van der Waals surface area (Å²) in [5.74, 6) is 4.27. The van der Waals surface area contributed by atoms with E-state index < -0.39 is 0 Å². The molecule has 1 unspecified atom stereocenters. The molecule has 116 valence electrons. The molecule has 1 aromatic rings. The quantitative estimate of drug-likeness (QED) is 0.808. The third kappa shape index (κ3) is 3.64. The summed E-state index contributed by atoms with van der Waals surface area (Å²) in [6.45, 7) is 7.89. The zero-order valence-electron chi connectivity index (χ0n) is 13.1. The first-order valence-corrected chi connectivity index (χ1v) is 8.22. The summed E-state index contributed by atoms with van der Waals surface area (Å²) in [6.07, 6.45) is 4.81. The molecule has 21 heavy (non-hydrogen) atoms. The highest BCUT2D eigenvalue weighted by atomic mass is 16.5. The summed E-state index contributed by atoms with van der Waals surface area (Å²) in [6, 6.07) is 0. The monoisotopic (exact) mass is 290 g/mol. The van der Waals surface area contributed by atoms with Gasteiger partial charge in [0.15, 0.2) is 0 Å². The maximum Gasteiger partial charge on any atom is 0.136 e. The molecular weight excluding hydrogens is 264 g/mol. The van der Waals surface area contributed by atoms with E-state index in [4.69, 9.17) is 9.72 Å². The molecule has 1 aliphatic carbocycles. The van der Waals surface area contributed by atoms with Crippen molar-refractivity contribution in [3.63, 3.8) is 0 Å². The SMILES string of the molecule is CCNc1nc(C2CC2)nc(NCCC2CCOC2)c1C. The maximum atomic E-state index is 5.43. The second-order valence-corrected chi connectivity index (χ2v) is 6.15. The molecule has 5 heteroatoms. The van der Waals surface area contributed by atoms with Gasteiger partial charge in [-0.25, -0.2) is 9.97 Å².